The summed E-state index contributed by atoms with van der Waals surface area (Å²) in [6.45, 7) is 2.39. The molecule has 28 heavy (non-hydrogen) atoms. The van der Waals surface area contributed by atoms with Crippen LogP contribution in [0.3, 0.4) is 0 Å². The molecule has 1 aliphatic rings. The molecule has 5 heteroatoms. The van der Waals surface area contributed by atoms with Crippen LogP contribution < -0.4 is 9.64 Å². The summed E-state index contributed by atoms with van der Waals surface area (Å²) in [6, 6.07) is 15.3. The number of hydrogen-bond acceptors (Lipinski definition) is 3. The Labute approximate surface area is 173 Å². The van der Waals surface area contributed by atoms with E-state index in [9.17, 15) is 4.79 Å². The summed E-state index contributed by atoms with van der Waals surface area (Å²) in [5, 5.41) is 0.555. The third-order valence-corrected chi connectivity index (χ3v) is 6.18. The van der Waals surface area contributed by atoms with Crippen LogP contribution in [0.4, 0.5) is 5.69 Å². The van der Waals surface area contributed by atoms with E-state index in [0.717, 1.165) is 33.7 Å². The van der Waals surface area contributed by atoms with Crippen molar-refractivity contribution in [2.24, 2.45) is 0 Å². The van der Waals surface area contributed by atoms with Crippen molar-refractivity contribution in [2.75, 3.05) is 18.6 Å². The molecule has 1 aromatic heterocycles. The minimum Gasteiger partial charge on any atom is -0.493 e. The molecule has 0 radical (unpaired) electrons. The molecule has 3 aromatic rings. The second-order valence-corrected chi connectivity index (χ2v) is 7.92. The van der Waals surface area contributed by atoms with Crippen LogP contribution in [-0.2, 0) is 6.42 Å². The first-order valence-corrected chi connectivity index (χ1v) is 10.1. The van der Waals surface area contributed by atoms with Crippen molar-refractivity contribution in [3.8, 4) is 28.0 Å². The zero-order valence-corrected chi connectivity index (χ0v) is 17.2. The number of hydrogen-bond donors (Lipinski definition) is 0. The van der Waals surface area contributed by atoms with Gasteiger partial charge in [0, 0.05) is 29.5 Å². The minimum atomic E-state index is -0.0675. The number of para-hydroxylation sites is 1. The summed E-state index contributed by atoms with van der Waals surface area (Å²) < 4.78 is 5.94. The molecule has 2 heterocycles. The number of benzene rings is 2. The number of fused-ring (bicyclic) bond motifs is 3. The first-order valence-electron chi connectivity index (χ1n) is 8.93. The van der Waals surface area contributed by atoms with E-state index in [1.54, 1.807) is 18.0 Å². The molecular weight excluding hydrogens is 390 g/mol. The SMILES string of the molecule is CC#Cc1ccc2c(c1)OCCc1cc(C(=O)N(C)c3ccccc3Cl)sc1-2. The number of rotatable bonds is 2. The van der Waals surface area contributed by atoms with Gasteiger partial charge in [-0.25, -0.2) is 0 Å². The van der Waals surface area contributed by atoms with Crippen molar-refractivity contribution in [3.05, 3.63) is 69.6 Å². The third-order valence-electron chi connectivity index (χ3n) is 4.66. The van der Waals surface area contributed by atoms with E-state index in [4.69, 9.17) is 16.3 Å². The Hall–Kier alpha value is -2.74. The monoisotopic (exact) mass is 407 g/mol. The second kappa shape index (κ2) is 7.71. The van der Waals surface area contributed by atoms with E-state index in [2.05, 4.69) is 11.8 Å². The highest BCUT2D eigenvalue weighted by atomic mass is 35.5. The highest BCUT2D eigenvalue weighted by Gasteiger charge is 2.24. The molecule has 0 fully saturated rings. The lowest BCUT2D eigenvalue weighted by molar-refractivity contribution is 0.0997. The van der Waals surface area contributed by atoms with Crippen molar-refractivity contribution in [1.82, 2.24) is 0 Å². The maximum Gasteiger partial charge on any atom is 0.268 e. The van der Waals surface area contributed by atoms with E-state index < -0.39 is 0 Å². The standard InChI is InChI=1S/C23H18ClNO2S/c1-3-6-15-9-10-17-20(13-15)27-12-11-16-14-21(28-22(16)17)23(26)25(2)19-8-5-4-7-18(19)24/h4-5,7-10,13-14H,11-12H2,1-2H3. The summed E-state index contributed by atoms with van der Waals surface area (Å²) in [5.74, 6) is 6.73. The van der Waals surface area contributed by atoms with Gasteiger partial charge in [-0.2, -0.15) is 0 Å². The molecule has 0 saturated carbocycles. The number of carbonyl (C=O) groups is 1. The minimum absolute atomic E-state index is 0.0675. The van der Waals surface area contributed by atoms with Gasteiger partial charge in [0.05, 0.1) is 22.2 Å². The predicted octanol–water partition coefficient (Wildman–Crippen LogP) is 5.65. The van der Waals surface area contributed by atoms with Crippen molar-refractivity contribution >= 4 is 34.5 Å². The number of anilines is 1. The topological polar surface area (TPSA) is 29.5 Å². The van der Waals surface area contributed by atoms with Crippen LogP contribution in [0.15, 0.2) is 48.5 Å². The predicted molar refractivity (Wildman–Crippen MR) is 116 cm³/mol. The Morgan fingerprint density at radius 3 is 2.82 bits per heavy atom. The molecular formula is C23H18ClNO2S. The smallest absolute Gasteiger partial charge is 0.268 e. The van der Waals surface area contributed by atoms with E-state index in [0.29, 0.717) is 22.2 Å². The molecule has 0 bridgehead atoms. The van der Waals surface area contributed by atoms with Gasteiger partial charge in [-0.05, 0) is 48.9 Å². The fraction of sp³-hybridized carbons (Fsp3) is 0.174. The van der Waals surface area contributed by atoms with Crippen molar-refractivity contribution < 1.29 is 9.53 Å². The lowest BCUT2D eigenvalue weighted by Crippen LogP contribution is -2.25. The average molecular weight is 408 g/mol. The molecule has 0 unspecified atom stereocenters. The average Bonchev–Trinajstić information content (AvgIpc) is 3.04. The zero-order chi connectivity index (χ0) is 19.7. The second-order valence-electron chi connectivity index (χ2n) is 6.46. The number of amides is 1. The maximum atomic E-state index is 13.1. The van der Waals surface area contributed by atoms with E-state index >= 15 is 0 Å². The van der Waals surface area contributed by atoms with Crippen molar-refractivity contribution in [1.29, 1.82) is 0 Å². The Morgan fingerprint density at radius 2 is 2.04 bits per heavy atom. The van der Waals surface area contributed by atoms with Crippen molar-refractivity contribution in [2.45, 2.75) is 13.3 Å². The first kappa shape index (κ1) is 18.6. The van der Waals surface area contributed by atoms with E-state index in [1.807, 2.05) is 49.4 Å². The van der Waals surface area contributed by atoms with Crippen LogP contribution in [0.1, 0.15) is 27.7 Å². The zero-order valence-electron chi connectivity index (χ0n) is 15.6. The van der Waals surface area contributed by atoms with E-state index in [1.165, 1.54) is 11.3 Å². The Morgan fingerprint density at radius 1 is 1.21 bits per heavy atom. The lowest BCUT2D eigenvalue weighted by atomic mass is 10.1. The van der Waals surface area contributed by atoms with Crippen LogP contribution in [0.5, 0.6) is 5.75 Å². The highest BCUT2D eigenvalue weighted by Crippen LogP contribution is 2.41. The van der Waals surface area contributed by atoms with Crippen LogP contribution in [-0.4, -0.2) is 19.6 Å². The molecule has 140 valence electrons. The number of carbonyl (C=O) groups excluding carboxylic acids is 1. The Balaban J connectivity index is 1.72. The van der Waals surface area contributed by atoms with Gasteiger partial charge in [0.25, 0.3) is 5.91 Å². The van der Waals surface area contributed by atoms with Gasteiger partial charge >= 0.3 is 0 Å². The van der Waals surface area contributed by atoms with E-state index in [-0.39, 0.29) is 5.91 Å². The molecule has 1 aliphatic heterocycles. The summed E-state index contributed by atoms with van der Waals surface area (Å²) in [4.78, 5) is 16.5. The van der Waals surface area contributed by atoms with Gasteiger partial charge < -0.3 is 9.64 Å². The van der Waals surface area contributed by atoms with Gasteiger partial charge in [-0.3, -0.25) is 4.79 Å². The normalized spacial score (nSPS) is 12.0. The fourth-order valence-corrected chi connectivity index (χ4v) is 4.75. The number of ether oxygens (including phenoxy) is 1. The van der Waals surface area contributed by atoms with Crippen LogP contribution in [0, 0.1) is 11.8 Å². The van der Waals surface area contributed by atoms with Crippen LogP contribution in [0.25, 0.3) is 10.4 Å². The van der Waals surface area contributed by atoms with Gasteiger partial charge in [-0.15, -0.1) is 17.3 Å². The summed E-state index contributed by atoms with van der Waals surface area (Å²) in [7, 11) is 1.75. The van der Waals surface area contributed by atoms with Crippen LogP contribution in [0.2, 0.25) is 5.02 Å². The summed E-state index contributed by atoms with van der Waals surface area (Å²) in [5.41, 5.74) is 3.77. The largest absolute Gasteiger partial charge is 0.493 e. The summed E-state index contributed by atoms with van der Waals surface area (Å²) in [6.07, 6.45) is 0.762. The molecule has 2 aromatic carbocycles. The highest BCUT2D eigenvalue weighted by molar-refractivity contribution is 7.17. The third kappa shape index (κ3) is 3.40. The molecule has 0 aliphatic carbocycles. The molecule has 4 rings (SSSR count). The van der Waals surface area contributed by atoms with Gasteiger partial charge in [0.1, 0.15) is 5.75 Å². The number of nitrogens with zero attached hydrogens (tertiary/aromatic N) is 1. The first-order chi connectivity index (χ1) is 13.6. The molecule has 1 amide bonds. The van der Waals surface area contributed by atoms with Gasteiger partial charge in [0.15, 0.2) is 0 Å². The number of halogens is 1. The lowest BCUT2D eigenvalue weighted by Gasteiger charge is -2.17. The Kier molecular flexibility index (Phi) is 5.13. The van der Waals surface area contributed by atoms with Gasteiger partial charge in [0.2, 0.25) is 0 Å². The fourth-order valence-electron chi connectivity index (χ4n) is 3.27. The molecule has 0 N–H and O–H groups in total. The molecule has 0 saturated heterocycles. The van der Waals surface area contributed by atoms with Crippen LogP contribution >= 0.6 is 22.9 Å². The molecule has 0 atom stereocenters. The molecule has 0 spiro atoms. The quantitative estimate of drug-likeness (QED) is 0.513. The number of thiophene rings is 1. The Bertz CT molecular complexity index is 1120. The van der Waals surface area contributed by atoms with Gasteiger partial charge in [-0.1, -0.05) is 29.7 Å². The summed E-state index contributed by atoms with van der Waals surface area (Å²) >= 11 is 7.76. The maximum absolute atomic E-state index is 13.1. The van der Waals surface area contributed by atoms with Crippen molar-refractivity contribution in [3.63, 3.8) is 0 Å². The molecule has 3 nitrogen and oxygen atoms in total.